The van der Waals surface area contributed by atoms with Crippen LogP contribution < -0.4 is 9.64 Å². The third kappa shape index (κ3) is 3.06. The van der Waals surface area contributed by atoms with Crippen LogP contribution in [0.15, 0.2) is 72.8 Å². The minimum absolute atomic E-state index is 0.0697. The Bertz CT molecular complexity index is 1510. The van der Waals surface area contributed by atoms with Gasteiger partial charge in [-0.25, -0.2) is 0 Å². The van der Waals surface area contributed by atoms with Crippen molar-refractivity contribution in [1.29, 1.82) is 0 Å². The lowest BCUT2D eigenvalue weighted by Crippen LogP contribution is -2.33. The van der Waals surface area contributed by atoms with Crippen LogP contribution in [0.25, 0.3) is 10.9 Å². The summed E-state index contributed by atoms with van der Waals surface area (Å²) in [6, 6.07) is 20.9. The average Bonchev–Trinajstić information content (AvgIpc) is 3.37. The van der Waals surface area contributed by atoms with Crippen LogP contribution in [-0.4, -0.2) is 28.8 Å². The number of fused-ring (bicyclic) bond motifs is 4. The number of nitro groups is 1. The van der Waals surface area contributed by atoms with Gasteiger partial charge in [-0.2, -0.15) is 0 Å². The summed E-state index contributed by atoms with van der Waals surface area (Å²) in [5, 5.41) is 12.9. The molecule has 1 saturated heterocycles. The summed E-state index contributed by atoms with van der Waals surface area (Å²) in [7, 11) is 1.58. The standard InChI is InChI=1S/C27H21N3O5/c1-35-16-11-12-20-18(13-16)23-21(28-20)14-19-25(24(23)17-9-5-6-10-22(17)30(33)34)27(32)29(26(19)31)15-7-3-2-4-8-15/h2-13,19,24-25,28H,14H2,1H3/t19-,24+,25-/m1/s1. The van der Waals surface area contributed by atoms with Gasteiger partial charge < -0.3 is 9.72 Å². The van der Waals surface area contributed by atoms with Crippen molar-refractivity contribution in [3.63, 3.8) is 0 Å². The lowest BCUT2D eigenvalue weighted by atomic mass is 9.68. The van der Waals surface area contributed by atoms with Crippen molar-refractivity contribution in [3.8, 4) is 5.75 Å². The lowest BCUT2D eigenvalue weighted by molar-refractivity contribution is -0.385. The third-order valence-corrected chi connectivity index (χ3v) is 7.18. The van der Waals surface area contributed by atoms with E-state index in [9.17, 15) is 19.7 Å². The molecule has 0 bridgehead atoms. The molecule has 0 saturated carbocycles. The van der Waals surface area contributed by atoms with Crippen LogP contribution in [0.2, 0.25) is 0 Å². The zero-order valence-corrected chi connectivity index (χ0v) is 18.8. The number of benzene rings is 3. The molecule has 35 heavy (non-hydrogen) atoms. The van der Waals surface area contributed by atoms with Gasteiger partial charge in [0, 0.05) is 40.6 Å². The summed E-state index contributed by atoms with van der Waals surface area (Å²) in [6.07, 6.45) is 0.349. The van der Waals surface area contributed by atoms with Gasteiger partial charge in [-0.15, -0.1) is 0 Å². The number of ether oxygens (including phenoxy) is 1. The Morgan fingerprint density at radius 1 is 1.00 bits per heavy atom. The molecule has 2 aliphatic rings. The van der Waals surface area contributed by atoms with Gasteiger partial charge in [0.2, 0.25) is 11.8 Å². The molecule has 0 unspecified atom stereocenters. The van der Waals surface area contributed by atoms with Gasteiger partial charge in [0.05, 0.1) is 29.6 Å². The van der Waals surface area contributed by atoms with Crippen LogP contribution in [0.4, 0.5) is 11.4 Å². The molecule has 2 heterocycles. The normalized spacial score (nSPS) is 21.2. The third-order valence-electron chi connectivity index (χ3n) is 7.18. The molecular weight excluding hydrogens is 446 g/mol. The number of aromatic amines is 1. The molecule has 1 N–H and O–H groups in total. The van der Waals surface area contributed by atoms with Gasteiger partial charge >= 0.3 is 0 Å². The monoisotopic (exact) mass is 467 g/mol. The number of carbonyl (C=O) groups excluding carboxylic acids is 2. The van der Waals surface area contributed by atoms with Crippen LogP contribution in [0.3, 0.4) is 0 Å². The number of nitrogens with zero attached hydrogens (tertiary/aromatic N) is 2. The summed E-state index contributed by atoms with van der Waals surface area (Å²) in [4.78, 5) is 43.8. The van der Waals surface area contributed by atoms with E-state index in [4.69, 9.17) is 4.74 Å². The highest BCUT2D eigenvalue weighted by atomic mass is 16.6. The maximum Gasteiger partial charge on any atom is 0.273 e. The number of nitro benzene ring substituents is 1. The first-order valence-corrected chi connectivity index (χ1v) is 11.3. The Balaban J connectivity index is 1.61. The molecule has 0 spiro atoms. The highest BCUT2D eigenvalue weighted by molar-refractivity contribution is 6.23. The molecule has 1 aromatic heterocycles. The number of methoxy groups -OCH3 is 1. The van der Waals surface area contributed by atoms with Gasteiger partial charge in [-0.05, 0) is 35.9 Å². The smallest absolute Gasteiger partial charge is 0.273 e. The number of amides is 2. The van der Waals surface area contributed by atoms with E-state index in [0.717, 1.165) is 22.2 Å². The molecule has 0 radical (unpaired) electrons. The molecule has 1 fully saturated rings. The summed E-state index contributed by atoms with van der Waals surface area (Å²) in [5.41, 5.74) is 3.32. The zero-order chi connectivity index (χ0) is 24.3. The van der Waals surface area contributed by atoms with Crippen molar-refractivity contribution in [2.45, 2.75) is 12.3 Å². The highest BCUT2D eigenvalue weighted by Gasteiger charge is 2.56. The molecule has 2 amide bonds. The molecule has 1 aliphatic heterocycles. The van der Waals surface area contributed by atoms with Crippen LogP contribution in [0.1, 0.15) is 22.7 Å². The molecule has 8 nitrogen and oxygen atoms in total. The second-order valence-electron chi connectivity index (χ2n) is 8.91. The number of hydrogen-bond acceptors (Lipinski definition) is 5. The average molecular weight is 467 g/mol. The van der Waals surface area contributed by atoms with E-state index in [1.54, 1.807) is 49.6 Å². The van der Waals surface area contributed by atoms with E-state index in [1.807, 2.05) is 24.3 Å². The van der Waals surface area contributed by atoms with Gasteiger partial charge in [-0.3, -0.25) is 24.6 Å². The molecule has 3 aromatic carbocycles. The van der Waals surface area contributed by atoms with E-state index in [0.29, 0.717) is 23.4 Å². The van der Waals surface area contributed by atoms with Crippen molar-refractivity contribution in [2.75, 3.05) is 12.0 Å². The fraction of sp³-hybridized carbons (Fsp3) is 0.185. The predicted octanol–water partition coefficient (Wildman–Crippen LogP) is 4.58. The van der Waals surface area contributed by atoms with Crippen LogP contribution >= 0.6 is 0 Å². The molecule has 6 rings (SSSR count). The van der Waals surface area contributed by atoms with E-state index in [1.165, 1.54) is 11.0 Å². The summed E-state index contributed by atoms with van der Waals surface area (Å²) in [5.74, 6) is -2.04. The predicted molar refractivity (Wildman–Crippen MR) is 129 cm³/mol. The fourth-order valence-corrected chi connectivity index (χ4v) is 5.73. The number of nitrogens with one attached hydrogen (secondary N) is 1. The van der Waals surface area contributed by atoms with Crippen LogP contribution in [0.5, 0.6) is 5.75 Å². The number of para-hydroxylation sites is 2. The molecule has 4 aromatic rings. The van der Waals surface area contributed by atoms with Crippen molar-refractivity contribution in [3.05, 3.63) is 99.7 Å². The molecule has 8 heteroatoms. The van der Waals surface area contributed by atoms with Crippen molar-refractivity contribution < 1.29 is 19.2 Å². The Labute approximate surface area is 200 Å². The Morgan fingerprint density at radius 3 is 2.49 bits per heavy atom. The van der Waals surface area contributed by atoms with E-state index < -0.39 is 22.7 Å². The van der Waals surface area contributed by atoms with E-state index in [-0.39, 0.29) is 17.5 Å². The molecular formula is C27H21N3O5. The Morgan fingerprint density at radius 2 is 1.74 bits per heavy atom. The minimum atomic E-state index is -0.762. The second kappa shape index (κ2) is 7.80. The van der Waals surface area contributed by atoms with Crippen molar-refractivity contribution >= 4 is 34.1 Å². The summed E-state index contributed by atoms with van der Waals surface area (Å²) >= 11 is 0. The topological polar surface area (TPSA) is 106 Å². The van der Waals surface area contributed by atoms with E-state index >= 15 is 0 Å². The second-order valence-corrected chi connectivity index (χ2v) is 8.91. The largest absolute Gasteiger partial charge is 0.497 e. The fourth-order valence-electron chi connectivity index (χ4n) is 5.73. The molecule has 3 atom stereocenters. The summed E-state index contributed by atoms with van der Waals surface area (Å²) in [6.45, 7) is 0. The summed E-state index contributed by atoms with van der Waals surface area (Å²) < 4.78 is 5.43. The van der Waals surface area contributed by atoms with Gasteiger partial charge in [0.25, 0.3) is 5.69 Å². The first-order chi connectivity index (χ1) is 17.0. The van der Waals surface area contributed by atoms with Crippen molar-refractivity contribution in [1.82, 2.24) is 4.98 Å². The number of anilines is 1. The highest BCUT2D eigenvalue weighted by Crippen LogP contribution is 2.52. The number of aromatic nitrogens is 1. The zero-order valence-electron chi connectivity index (χ0n) is 18.8. The number of imide groups is 1. The van der Waals surface area contributed by atoms with Crippen LogP contribution in [-0.2, 0) is 16.0 Å². The van der Waals surface area contributed by atoms with Gasteiger partial charge in [0.1, 0.15) is 5.75 Å². The first kappa shape index (κ1) is 21.1. The van der Waals surface area contributed by atoms with E-state index in [2.05, 4.69) is 4.98 Å². The number of hydrogen-bond donors (Lipinski definition) is 1. The Hall–Kier alpha value is -4.46. The van der Waals surface area contributed by atoms with Crippen LogP contribution in [0, 0.1) is 22.0 Å². The maximum absolute atomic E-state index is 13.9. The number of carbonyl (C=O) groups is 2. The maximum atomic E-state index is 13.9. The lowest BCUT2D eigenvalue weighted by Gasteiger charge is -2.31. The molecule has 174 valence electrons. The quantitative estimate of drug-likeness (QED) is 0.269. The van der Waals surface area contributed by atoms with Gasteiger partial charge in [0.15, 0.2) is 0 Å². The van der Waals surface area contributed by atoms with Gasteiger partial charge in [-0.1, -0.05) is 36.4 Å². The first-order valence-electron chi connectivity index (χ1n) is 11.3. The minimum Gasteiger partial charge on any atom is -0.497 e. The molecule has 1 aliphatic carbocycles. The number of H-pyrrole nitrogens is 1. The SMILES string of the molecule is COc1ccc2[nH]c3c(c2c1)[C@H](c1ccccc1[N+](=O)[O-])[C@@H]1C(=O)N(c2ccccc2)C(=O)[C@@H]1C3. The Kier molecular flexibility index (Phi) is 4.70. The number of rotatable bonds is 4. The van der Waals surface area contributed by atoms with Crippen molar-refractivity contribution in [2.24, 2.45) is 11.8 Å².